The van der Waals surface area contributed by atoms with Crippen LogP contribution in [-0.2, 0) is 19.6 Å². The van der Waals surface area contributed by atoms with E-state index in [0.29, 0.717) is 5.69 Å². The number of benzene rings is 2. The molecule has 8 heteroatoms. The number of anilines is 1. The zero-order chi connectivity index (χ0) is 19.5. The minimum absolute atomic E-state index is 0.0641. The zero-order valence-electron chi connectivity index (χ0n) is 14.6. The summed E-state index contributed by atoms with van der Waals surface area (Å²) in [4.78, 5) is 12.1. The lowest BCUT2D eigenvalue weighted by molar-refractivity contribution is -0.145. The van der Waals surface area contributed by atoms with Crippen LogP contribution in [0.5, 0.6) is 0 Å². The van der Waals surface area contributed by atoms with E-state index >= 15 is 0 Å². The minimum atomic E-state index is -4.05. The van der Waals surface area contributed by atoms with Gasteiger partial charge in [0.25, 0.3) is 10.0 Å². The Bertz CT molecular complexity index is 913. The van der Waals surface area contributed by atoms with Crippen molar-refractivity contribution in [3.05, 3.63) is 58.1 Å². The molecule has 0 aromatic heterocycles. The van der Waals surface area contributed by atoms with Gasteiger partial charge in [-0.15, -0.1) is 0 Å². The van der Waals surface area contributed by atoms with E-state index in [1.165, 1.54) is 18.2 Å². The van der Waals surface area contributed by atoms with Gasteiger partial charge in [-0.25, -0.2) is 8.42 Å². The van der Waals surface area contributed by atoms with E-state index in [4.69, 9.17) is 27.9 Å². The van der Waals surface area contributed by atoms with Gasteiger partial charge in [0.15, 0.2) is 0 Å². The summed E-state index contributed by atoms with van der Waals surface area (Å²) in [5.74, 6) is -0.648. The van der Waals surface area contributed by atoms with Crippen molar-refractivity contribution in [3.8, 4) is 0 Å². The number of carbonyl (C=O) groups is 1. The molecule has 0 aliphatic rings. The van der Waals surface area contributed by atoms with E-state index in [1.54, 1.807) is 32.0 Å². The lowest BCUT2D eigenvalue weighted by Crippen LogP contribution is -2.37. The molecule has 0 bridgehead atoms. The summed E-state index contributed by atoms with van der Waals surface area (Å²) in [7, 11) is -4.05. The first kappa shape index (κ1) is 20.6. The van der Waals surface area contributed by atoms with Crippen LogP contribution in [0.15, 0.2) is 47.4 Å². The van der Waals surface area contributed by atoms with Gasteiger partial charge < -0.3 is 4.74 Å². The first-order valence-corrected chi connectivity index (χ1v) is 10.0. The molecule has 26 heavy (non-hydrogen) atoms. The Morgan fingerprint density at radius 2 is 1.81 bits per heavy atom. The number of nitrogens with zero attached hydrogens (tertiary/aromatic N) is 1. The molecule has 140 valence electrons. The van der Waals surface area contributed by atoms with E-state index in [9.17, 15) is 13.2 Å². The summed E-state index contributed by atoms with van der Waals surface area (Å²) >= 11 is 11.8. The minimum Gasteiger partial charge on any atom is -0.462 e. The lowest BCUT2D eigenvalue weighted by atomic mass is 10.2. The van der Waals surface area contributed by atoms with E-state index in [1.807, 2.05) is 13.0 Å². The fourth-order valence-corrected chi connectivity index (χ4v) is 4.07. The SMILES string of the molecule is Cc1cccc(N(CC(=O)OC(C)C)S(=O)(=O)c2ccc(Cl)c(Cl)c2)c1. The molecule has 2 aromatic rings. The monoisotopic (exact) mass is 415 g/mol. The van der Waals surface area contributed by atoms with Gasteiger partial charge in [0.05, 0.1) is 26.7 Å². The number of sulfonamides is 1. The highest BCUT2D eigenvalue weighted by atomic mass is 35.5. The topological polar surface area (TPSA) is 63.7 Å². The Labute approximate surface area is 163 Å². The van der Waals surface area contributed by atoms with Crippen molar-refractivity contribution in [3.63, 3.8) is 0 Å². The fraction of sp³-hybridized carbons (Fsp3) is 0.278. The third-order valence-corrected chi connectivity index (χ3v) is 5.92. The second-order valence-corrected chi connectivity index (χ2v) is 8.64. The lowest BCUT2D eigenvalue weighted by Gasteiger charge is -2.24. The molecule has 0 aliphatic heterocycles. The number of carbonyl (C=O) groups excluding carboxylic acids is 1. The molecule has 0 amide bonds. The highest BCUT2D eigenvalue weighted by Gasteiger charge is 2.28. The van der Waals surface area contributed by atoms with Gasteiger partial charge >= 0.3 is 5.97 Å². The maximum atomic E-state index is 13.1. The summed E-state index contributed by atoms with van der Waals surface area (Å²) in [5, 5.41) is 0.355. The number of hydrogen-bond donors (Lipinski definition) is 0. The maximum absolute atomic E-state index is 13.1. The molecule has 0 unspecified atom stereocenters. The molecule has 5 nitrogen and oxygen atoms in total. The van der Waals surface area contributed by atoms with Crippen molar-refractivity contribution < 1.29 is 17.9 Å². The molecule has 0 aliphatic carbocycles. The highest BCUT2D eigenvalue weighted by Crippen LogP contribution is 2.29. The van der Waals surface area contributed by atoms with Crippen LogP contribution in [0.4, 0.5) is 5.69 Å². The second kappa shape index (κ2) is 8.29. The number of esters is 1. The van der Waals surface area contributed by atoms with Crippen LogP contribution < -0.4 is 4.31 Å². The van der Waals surface area contributed by atoms with Crippen LogP contribution in [0, 0.1) is 6.92 Å². The van der Waals surface area contributed by atoms with E-state index < -0.39 is 22.5 Å². The van der Waals surface area contributed by atoms with Crippen LogP contribution in [0.3, 0.4) is 0 Å². The molecular formula is C18H19Cl2NO4S. The van der Waals surface area contributed by atoms with Gasteiger partial charge in [-0.2, -0.15) is 0 Å². The average Bonchev–Trinajstić information content (AvgIpc) is 2.54. The summed E-state index contributed by atoms with van der Waals surface area (Å²) < 4.78 is 32.4. The van der Waals surface area contributed by atoms with Crippen LogP contribution in [0.1, 0.15) is 19.4 Å². The van der Waals surface area contributed by atoms with Crippen LogP contribution >= 0.6 is 23.2 Å². The predicted octanol–water partition coefficient (Wildman–Crippen LogP) is 4.45. The molecule has 0 spiro atoms. The van der Waals surface area contributed by atoms with Crippen molar-refractivity contribution >= 4 is 44.9 Å². The Morgan fingerprint density at radius 1 is 1.12 bits per heavy atom. The van der Waals surface area contributed by atoms with E-state index in [2.05, 4.69) is 0 Å². The molecule has 0 atom stereocenters. The van der Waals surface area contributed by atoms with Gasteiger partial charge in [0.1, 0.15) is 6.54 Å². The third kappa shape index (κ3) is 4.90. The maximum Gasteiger partial charge on any atom is 0.327 e. The second-order valence-electron chi connectivity index (χ2n) is 5.97. The molecule has 0 saturated heterocycles. The van der Waals surface area contributed by atoms with Crippen LogP contribution in [0.2, 0.25) is 10.0 Å². The molecule has 0 saturated carbocycles. The summed E-state index contributed by atoms with van der Waals surface area (Å²) in [6, 6.07) is 10.9. The van der Waals surface area contributed by atoms with Crippen molar-refractivity contribution in [2.75, 3.05) is 10.8 Å². The quantitative estimate of drug-likeness (QED) is 0.653. The first-order chi connectivity index (χ1) is 12.1. The third-order valence-electron chi connectivity index (χ3n) is 3.41. The number of halogens is 2. The number of rotatable bonds is 6. The molecule has 0 N–H and O–H groups in total. The predicted molar refractivity (Wildman–Crippen MR) is 103 cm³/mol. The zero-order valence-corrected chi connectivity index (χ0v) is 16.9. The van der Waals surface area contributed by atoms with Crippen LogP contribution in [-0.4, -0.2) is 27.0 Å². The molecule has 2 rings (SSSR count). The van der Waals surface area contributed by atoms with Crippen molar-refractivity contribution in [1.82, 2.24) is 0 Å². The number of hydrogen-bond acceptors (Lipinski definition) is 4. The van der Waals surface area contributed by atoms with Gasteiger partial charge in [-0.3, -0.25) is 9.10 Å². The Balaban J connectivity index is 2.51. The molecule has 2 aromatic carbocycles. The summed E-state index contributed by atoms with van der Waals surface area (Å²) in [5.41, 5.74) is 1.21. The van der Waals surface area contributed by atoms with Gasteiger partial charge in [-0.05, 0) is 56.7 Å². The summed E-state index contributed by atoms with van der Waals surface area (Å²) in [6.45, 7) is 4.77. The van der Waals surface area contributed by atoms with Crippen LogP contribution in [0.25, 0.3) is 0 Å². The van der Waals surface area contributed by atoms with Gasteiger partial charge in [0.2, 0.25) is 0 Å². The Hall–Kier alpha value is -1.76. The highest BCUT2D eigenvalue weighted by molar-refractivity contribution is 7.92. The standard InChI is InChI=1S/C18H19Cl2NO4S/c1-12(2)25-18(22)11-21(14-6-4-5-13(3)9-14)26(23,24)15-7-8-16(19)17(20)10-15/h4-10,12H,11H2,1-3H3. The number of aryl methyl sites for hydroxylation is 1. The Morgan fingerprint density at radius 3 is 2.38 bits per heavy atom. The Kier molecular flexibility index (Phi) is 6.55. The summed E-state index contributed by atoms with van der Waals surface area (Å²) in [6.07, 6.45) is -0.352. The smallest absolute Gasteiger partial charge is 0.327 e. The molecule has 0 fully saturated rings. The fourth-order valence-electron chi connectivity index (χ4n) is 2.28. The van der Waals surface area contributed by atoms with Gasteiger partial charge in [-0.1, -0.05) is 35.3 Å². The molecular weight excluding hydrogens is 397 g/mol. The first-order valence-electron chi connectivity index (χ1n) is 7.85. The van der Waals surface area contributed by atoms with Crippen molar-refractivity contribution in [2.45, 2.75) is 31.8 Å². The number of ether oxygens (including phenoxy) is 1. The van der Waals surface area contributed by atoms with Crippen molar-refractivity contribution in [2.24, 2.45) is 0 Å². The largest absolute Gasteiger partial charge is 0.462 e. The molecule has 0 heterocycles. The van der Waals surface area contributed by atoms with E-state index in [-0.39, 0.29) is 21.0 Å². The average molecular weight is 416 g/mol. The van der Waals surface area contributed by atoms with E-state index in [0.717, 1.165) is 9.87 Å². The van der Waals surface area contributed by atoms with Crippen molar-refractivity contribution in [1.29, 1.82) is 0 Å². The van der Waals surface area contributed by atoms with Gasteiger partial charge in [0, 0.05) is 0 Å². The molecule has 0 radical (unpaired) electrons. The normalized spacial score (nSPS) is 11.5.